The molecule has 0 amide bonds. The number of carbonyl (C=O) groups is 1. The van der Waals surface area contributed by atoms with E-state index in [1.807, 2.05) is 41.1 Å². The van der Waals surface area contributed by atoms with Crippen LogP contribution < -0.4 is 9.47 Å². The second kappa shape index (κ2) is 9.11. The molecule has 1 N–H and O–H groups in total. The summed E-state index contributed by atoms with van der Waals surface area (Å²) in [5, 5.41) is 9.64. The van der Waals surface area contributed by atoms with Gasteiger partial charge >= 0.3 is 6.16 Å². The smallest absolute Gasteiger partial charge is 0.488 e. The van der Waals surface area contributed by atoms with E-state index in [1.165, 1.54) is 6.07 Å². The molecule has 5 nitrogen and oxygen atoms in total. The summed E-state index contributed by atoms with van der Waals surface area (Å²) in [6.07, 6.45) is 0.501. The van der Waals surface area contributed by atoms with E-state index in [0.717, 1.165) is 15.6 Å². The Bertz CT molecular complexity index is 1270. The molecule has 0 fully saturated rings. The van der Waals surface area contributed by atoms with Gasteiger partial charge in [-0.2, -0.15) is 0 Å². The van der Waals surface area contributed by atoms with Gasteiger partial charge in [0.2, 0.25) is 0 Å². The second-order valence-corrected chi connectivity index (χ2v) is 8.61. The highest BCUT2D eigenvalue weighted by molar-refractivity contribution is 9.10. The van der Waals surface area contributed by atoms with Crippen LogP contribution in [-0.4, -0.2) is 15.8 Å². The molecule has 4 aromatic rings. The third-order valence-electron chi connectivity index (χ3n) is 4.73. The Kier molecular flexibility index (Phi) is 6.29. The monoisotopic (exact) mass is 547 g/mol. The highest BCUT2D eigenvalue weighted by Crippen LogP contribution is 2.30. The Labute approximate surface area is 194 Å². The third kappa shape index (κ3) is 4.91. The fourth-order valence-corrected chi connectivity index (χ4v) is 4.05. The van der Waals surface area contributed by atoms with Gasteiger partial charge in [0.15, 0.2) is 0 Å². The second-order valence-electron chi connectivity index (χ2n) is 6.78. The molecular formula is C23H16Br2FNO4. The van der Waals surface area contributed by atoms with E-state index in [-0.39, 0.29) is 18.2 Å². The minimum Gasteiger partial charge on any atom is -0.488 e. The van der Waals surface area contributed by atoms with Crippen molar-refractivity contribution in [2.75, 3.05) is 0 Å². The van der Waals surface area contributed by atoms with Crippen LogP contribution >= 0.6 is 31.9 Å². The van der Waals surface area contributed by atoms with Crippen molar-refractivity contribution in [3.05, 3.63) is 92.8 Å². The number of carboxylic acid groups (broad SMARTS) is 1. The van der Waals surface area contributed by atoms with E-state index in [4.69, 9.17) is 14.6 Å². The lowest BCUT2D eigenvalue weighted by atomic mass is 10.2. The fraction of sp³-hybridized carbons (Fsp3) is 0.0870. The molecule has 0 spiro atoms. The van der Waals surface area contributed by atoms with Gasteiger partial charge in [-0.3, -0.25) is 0 Å². The summed E-state index contributed by atoms with van der Waals surface area (Å²) < 4.78 is 28.5. The molecule has 3 aromatic carbocycles. The van der Waals surface area contributed by atoms with E-state index < -0.39 is 6.16 Å². The van der Waals surface area contributed by atoms with Crippen molar-refractivity contribution in [2.45, 2.75) is 13.2 Å². The number of rotatable bonds is 6. The average molecular weight is 549 g/mol. The third-order valence-corrected chi connectivity index (χ3v) is 5.72. The van der Waals surface area contributed by atoms with Gasteiger partial charge in [-0.05, 0) is 48.5 Å². The zero-order chi connectivity index (χ0) is 22.0. The highest BCUT2D eigenvalue weighted by atomic mass is 79.9. The van der Waals surface area contributed by atoms with Gasteiger partial charge in [0.25, 0.3) is 0 Å². The van der Waals surface area contributed by atoms with Crippen molar-refractivity contribution >= 4 is 48.9 Å². The summed E-state index contributed by atoms with van der Waals surface area (Å²) in [6.45, 7) is 0.564. The normalized spacial score (nSPS) is 10.9. The van der Waals surface area contributed by atoms with Gasteiger partial charge < -0.3 is 19.1 Å². The standard InChI is InChI=1S/C23H16Br2FNO4/c24-16-6-7-21(30-13-14-4-5-17(25)11-19(14)26)15(10-16)12-27-9-8-18-20(27)2-1-3-22(18)31-23(28)29/h1-11H,12-13H2,(H,28,29). The SMILES string of the molecule is O=C(O)Oc1cccc2c1ccn2Cc1cc(Br)ccc1OCc1ccc(Br)cc1F. The molecule has 0 bridgehead atoms. The Morgan fingerprint density at radius 1 is 0.968 bits per heavy atom. The van der Waals surface area contributed by atoms with Crippen LogP contribution in [0.25, 0.3) is 10.9 Å². The molecular weight excluding hydrogens is 533 g/mol. The molecule has 0 unspecified atom stereocenters. The molecule has 8 heteroatoms. The molecule has 0 aliphatic carbocycles. The minimum atomic E-state index is -1.36. The van der Waals surface area contributed by atoms with E-state index >= 15 is 0 Å². The lowest BCUT2D eigenvalue weighted by molar-refractivity contribution is 0.145. The number of ether oxygens (including phenoxy) is 2. The molecule has 4 rings (SSSR count). The van der Waals surface area contributed by atoms with E-state index in [0.29, 0.717) is 27.7 Å². The zero-order valence-electron chi connectivity index (χ0n) is 16.0. The predicted octanol–water partition coefficient (Wildman–Crippen LogP) is 6.99. The molecule has 31 heavy (non-hydrogen) atoms. The van der Waals surface area contributed by atoms with Crippen molar-refractivity contribution in [1.29, 1.82) is 0 Å². The summed E-state index contributed by atoms with van der Waals surface area (Å²) in [5.41, 5.74) is 2.16. The van der Waals surface area contributed by atoms with Crippen molar-refractivity contribution in [1.82, 2.24) is 4.57 Å². The van der Waals surface area contributed by atoms with Crippen molar-refractivity contribution in [3.8, 4) is 11.5 Å². The van der Waals surface area contributed by atoms with Gasteiger partial charge in [0.05, 0.1) is 12.1 Å². The average Bonchev–Trinajstić information content (AvgIpc) is 3.12. The summed E-state index contributed by atoms with van der Waals surface area (Å²) in [4.78, 5) is 10.9. The van der Waals surface area contributed by atoms with Crippen LogP contribution in [0.2, 0.25) is 0 Å². The number of hydrogen-bond donors (Lipinski definition) is 1. The van der Waals surface area contributed by atoms with Gasteiger partial charge in [-0.25, -0.2) is 9.18 Å². The molecule has 0 aliphatic rings. The lowest BCUT2D eigenvalue weighted by Crippen LogP contribution is -2.05. The van der Waals surface area contributed by atoms with E-state index in [2.05, 4.69) is 31.9 Å². The van der Waals surface area contributed by atoms with Crippen LogP contribution in [0.15, 0.2) is 75.8 Å². The zero-order valence-corrected chi connectivity index (χ0v) is 19.2. The Morgan fingerprint density at radius 3 is 2.52 bits per heavy atom. The van der Waals surface area contributed by atoms with Gasteiger partial charge in [0, 0.05) is 31.7 Å². The topological polar surface area (TPSA) is 60.7 Å². The van der Waals surface area contributed by atoms with Gasteiger partial charge in [-0.1, -0.05) is 44.0 Å². The van der Waals surface area contributed by atoms with Crippen LogP contribution in [0.3, 0.4) is 0 Å². The number of benzene rings is 3. The Morgan fingerprint density at radius 2 is 1.74 bits per heavy atom. The summed E-state index contributed by atoms with van der Waals surface area (Å²) in [5.74, 6) is 0.570. The number of aromatic nitrogens is 1. The molecule has 0 saturated carbocycles. The van der Waals surface area contributed by atoms with Crippen molar-refractivity contribution in [3.63, 3.8) is 0 Å². The molecule has 1 heterocycles. The molecule has 0 aliphatic heterocycles. The first kappa shape index (κ1) is 21.4. The molecule has 158 valence electrons. The largest absolute Gasteiger partial charge is 0.511 e. The highest BCUT2D eigenvalue weighted by Gasteiger charge is 2.13. The molecule has 0 atom stereocenters. The first-order valence-electron chi connectivity index (χ1n) is 9.24. The predicted molar refractivity (Wildman–Crippen MR) is 122 cm³/mol. The van der Waals surface area contributed by atoms with Crippen LogP contribution in [-0.2, 0) is 13.2 Å². The van der Waals surface area contributed by atoms with Crippen LogP contribution in [0, 0.1) is 5.82 Å². The quantitative estimate of drug-likeness (QED) is 0.208. The summed E-state index contributed by atoms with van der Waals surface area (Å²) >= 11 is 6.74. The van der Waals surface area contributed by atoms with E-state index in [9.17, 15) is 9.18 Å². The van der Waals surface area contributed by atoms with Crippen molar-refractivity contribution in [2.24, 2.45) is 0 Å². The molecule has 0 saturated heterocycles. The van der Waals surface area contributed by atoms with Crippen LogP contribution in [0.5, 0.6) is 11.5 Å². The minimum absolute atomic E-state index is 0.0940. The van der Waals surface area contributed by atoms with Crippen LogP contribution in [0.1, 0.15) is 11.1 Å². The lowest BCUT2D eigenvalue weighted by Gasteiger charge is -2.14. The molecule has 0 radical (unpaired) electrons. The van der Waals surface area contributed by atoms with Crippen LogP contribution in [0.4, 0.5) is 9.18 Å². The number of nitrogens with zero attached hydrogens (tertiary/aromatic N) is 1. The first-order chi connectivity index (χ1) is 14.9. The Hall–Kier alpha value is -2.84. The summed E-state index contributed by atoms with van der Waals surface area (Å²) in [7, 11) is 0. The number of halogens is 3. The first-order valence-corrected chi connectivity index (χ1v) is 10.8. The maximum absolute atomic E-state index is 14.2. The van der Waals surface area contributed by atoms with E-state index in [1.54, 1.807) is 24.3 Å². The number of fused-ring (bicyclic) bond motifs is 1. The molecule has 1 aromatic heterocycles. The maximum atomic E-state index is 14.2. The Balaban J connectivity index is 1.62. The van der Waals surface area contributed by atoms with Crippen molar-refractivity contribution < 1.29 is 23.8 Å². The van der Waals surface area contributed by atoms with Gasteiger partial charge in [0.1, 0.15) is 23.9 Å². The maximum Gasteiger partial charge on any atom is 0.511 e. The van der Waals surface area contributed by atoms with Gasteiger partial charge in [-0.15, -0.1) is 0 Å². The summed E-state index contributed by atoms with van der Waals surface area (Å²) in [6, 6.07) is 17.6. The number of hydrogen-bond acceptors (Lipinski definition) is 3. The fourth-order valence-electron chi connectivity index (χ4n) is 3.31.